The van der Waals surface area contributed by atoms with Crippen LogP contribution >= 0.6 is 0 Å². The van der Waals surface area contributed by atoms with Crippen molar-refractivity contribution in [2.75, 3.05) is 33.3 Å². The van der Waals surface area contributed by atoms with Crippen molar-refractivity contribution < 1.29 is 9.26 Å². The van der Waals surface area contributed by atoms with E-state index in [1.54, 1.807) is 6.07 Å². The number of piperazine rings is 1. The Bertz CT molecular complexity index is 685. The molecule has 22 heavy (non-hydrogen) atoms. The molecular weight excluding hydrogens is 282 g/mol. The van der Waals surface area contributed by atoms with Gasteiger partial charge >= 0.3 is 0 Å². The molecule has 0 amide bonds. The van der Waals surface area contributed by atoms with Crippen LogP contribution in [0, 0.1) is 11.3 Å². The van der Waals surface area contributed by atoms with Gasteiger partial charge in [-0.15, -0.1) is 0 Å². The standard InChI is InChI=1S/C15H17N5O2/c1-21-15-7-13(18-9-11(15)8-16)14-6-12(22-19-14)10-20-4-2-17-3-5-20/h6-7,9,17H,2-5,10H2,1H3. The van der Waals surface area contributed by atoms with Crippen LogP contribution in [0.4, 0.5) is 0 Å². The molecule has 3 rings (SSSR count). The molecule has 1 aliphatic heterocycles. The first-order valence-electron chi connectivity index (χ1n) is 7.13. The highest BCUT2D eigenvalue weighted by molar-refractivity contribution is 5.58. The van der Waals surface area contributed by atoms with E-state index in [-0.39, 0.29) is 0 Å². The Labute approximate surface area is 128 Å². The van der Waals surface area contributed by atoms with Gasteiger partial charge in [-0.1, -0.05) is 5.16 Å². The number of pyridine rings is 1. The fraction of sp³-hybridized carbons (Fsp3) is 0.400. The zero-order valence-corrected chi connectivity index (χ0v) is 12.4. The lowest BCUT2D eigenvalue weighted by molar-refractivity contribution is 0.207. The van der Waals surface area contributed by atoms with Gasteiger partial charge in [-0.05, 0) is 0 Å². The molecule has 0 aromatic carbocycles. The Hall–Kier alpha value is -2.43. The van der Waals surface area contributed by atoms with E-state index in [1.807, 2.05) is 12.1 Å². The van der Waals surface area contributed by atoms with Crippen molar-refractivity contribution in [1.82, 2.24) is 20.4 Å². The van der Waals surface area contributed by atoms with E-state index >= 15 is 0 Å². The minimum atomic E-state index is 0.399. The fourth-order valence-electron chi connectivity index (χ4n) is 2.43. The molecule has 7 nitrogen and oxygen atoms in total. The fourth-order valence-corrected chi connectivity index (χ4v) is 2.43. The molecule has 0 atom stereocenters. The van der Waals surface area contributed by atoms with Crippen molar-refractivity contribution in [3.05, 3.63) is 29.7 Å². The zero-order chi connectivity index (χ0) is 15.4. The normalized spacial score (nSPS) is 15.5. The van der Waals surface area contributed by atoms with Gasteiger partial charge in [0.25, 0.3) is 0 Å². The smallest absolute Gasteiger partial charge is 0.151 e. The number of hydrogen-bond donors (Lipinski definition) is 1. The van der Waals surface area contributed by atoms with Crippen molar-refractivity contribution in [2.45, 2.75) is 6.54 Å². The van der Waals surface area contributed by atoms with Gasteiger partial charge in [0.15, 0.2) is 5.76 Å². The number of hydrogen-bond acceptors (Lipinski definition) is 7. The number of nitrogens with one attached hydrogen (secondary N) is 1. The van der Waals surface area contributed by atoms with Crippen LogP contribution in [0.25, 0.3) is 11.4 Å². The Balaban J connectivity index is 1.77. The number of methoxy groups -OCH3 is 1. The number of ether oxygens (including phenoxy) is 1. The van der Waals surface area contributed by atoms with Gasteiger partial charge in [-0.25, -0.2) is 0 Å². The van der Waals surface area contributed by atoms with Crippen LogP contribution in [0.1, 0.15) is 11.3 Å². The molecule has 7 heteroatoms. The first-order valence-corrected chi connectivity index (χ1v) is 7.13. The summed E-state index contributed by atoms with van der Waals surface area (Å²) in [6, 6.07) is 5.62. The average Bonchev–Trinajstić information content (AvgIpc) is 3.03. The second-order valence-electron chi connectivity index (χ2n) is 5.09. The lowest BCUT2D eigenvalue weighted by atomic mass is 10.2. The highest BCUT2D eigenvalue weighted by Gasteiger charge is 2.15. The predicted octanol–water partition coefficient (Wildman–Crippen LogP) is 1.02. The molecule has 0 spiro atoms. The Morgan fingerprint density at radius 3 is 2.91 bits per heavy atom. The van der Waals surface area contributed by atoms with Gasteiger partial charge in [0.05, 0.1) is 19.3 Å². The molecular formula is C15H17N5O2. The minimum Gasteiger partial charge on any atom is -0.495 e. The summed E-state index contributed by atoms with van der Waals surface area (Å²) in [5, 5.41) is 16.4. The molecule has 1 saturated heterocycles. The van der Waals surface area contributed by atoms with Gasteiger partial charge in [-0.2, -0.15) is 5.26 Å². The van der Waals surface area contributed by atoms with Gasteiger partial charge in [0.2, 0.25) is 0 Å². The van der Waals surface area contributed by atoms with Crippen LogP contribution in [0.15, 0.2) is 22.9 Å². The lowest BCUT2D eigenvalue weighted by Crippen LogP contribution is -2.42. The van der Waals surface area contributed by atoms with Gasteiger partial charge in [-0.3, -0.25) is 9.88 Å². The molecule has 114 valence electrons. The highest BCUT2D eigenvalue weighted by atomic mass is 16.5. The molecule has 0 aliphatic carbocycles. The third-order valence-electron chi connectivity index (χ3n) is 3.62. The number of nitriles is 1. The molecule has 1 aliphatic rings. The van der Waals surface area contributed by atoms with E-state index in [1.165, 1.54) is 13.3 Å². The third-order valence-corrected chi connectivity index (χ3v) is 3.62. The molecule has 3 heterocycles. The Morgan fingerprint density at radius 2 is 2.18 bits per heavy atom. The maximum Gasteiger partial charge on any atom is 0.151 e. The minimum absolute atomic E-state index is 0.399. The van der Waals surface area contributed by atoms with E-state index in [0.717, 1.165) is 38.5 Å². The van der Waals surface area contributed by atoms with E-state index in [0.29, 0.717) is 22.7 Å². The summed E-state index contributed by atoms with van der Waals surface area (Å²) in [4.78, 5) is 6.55. The summed E-state index contributed by atoms with van der Waals surface area (Å²) in [6.07, 6.45) is 1.48. The first-order chi connectivity index (χ1) is 10.8. The van der Waals surface area contributed by atoms with Crippen LogP contribution in [0.2, 0.25) is 0 Å². The molecule has 0 unspecified atom stereocenters. The third kappa shape index (κ3) is 3.08. The van der Waals surface area contributed by atoms with Crippen molar-refractivity contribution in [3.63, 3.8) is 0 Å². The summed E-state index contributed by atoms with van der Waals surface area (Å²) in [7, 11) is 1.53. The first kappa shape index (κ1) is 14.5. The number of nitrogens with zero attached hydrogens (tertiary/aromatic N) is 4. The van der Waals surface area contributed by atoms with E-state index < -0.39 is 0 Å². The maximum absolute atomic E-state index is 8.98. The van der Waals surface area contributed by atoms with E-state index in [9.17, 15) is 0 Å². The maximum atomic E-state index is 8.98. The SMILES string of the molecule is COc1cc(-c2cc(CN3CCNCC3)on2)ncc1C#N. The highest BCUT2D eigenvalue weighted by Crippen LogP contribution is 2.24. The summed E-state index contributed by atoms with van der Waals surface area (Å²) < 4.78 is 10.6. The van der Waals surface area contributed by atoms with Crippen LogP contribution in [0.5, 0.6) is 5.75 Å². The van der Waals surface area contributed by atoms with Crippen molar-refractivity contribution in [1.29, 1.82) is 5.26 Å². The quantitative estimate of drug-likeness (QED) is 0.901. The summed E-state index contributed by atoms with van der Waals surface area (Å²) >= 11 is 0. The van der Waals surface area contributed by atoms with Crippen LogP contribution in [-0.2, 0) is 6.54 Å². The van der Waals surface area contributed by atoms with E-state index in [2.05, 4.69) is 20.4 Å². The Morgan fingerprint density at radius 1 is 1.36 bits per heavy atom. The molecule has 0 bridgehead atoms. The molecule has 2 aromatic rings. The van der Waals surface area contributed by atoms with Crippen molar-refractivity contribution >= 4 is 0 Å². The molecule has 1 fully saturated rings. The molecule has 2 aromatic heterocycles. The van der Waals surface area contributed by atoms with Crippen LogP contribution in [0.3, 0.4) is 0 Å². The number of rotatable bonds is 4. The summed E-state index contributed by atoms with van der Waals surface area (Å²) in [5.41, 5.74) is 1.68. The summed E-state index contributed by atoms with van der Waals surface area (Å²) in [6.45, 7) is 4.73. The second kappa shape index (κ2) is 6.56. The lowest BCUT2D eigenvalue weighted by Gasteiger charge is -2.25. The van der Waals surface area contributed by atoms with Gasteiger partial charge in [0.1, 0.15) is 23.1 Å². The predicted molar refractivity (Wildman–Crippen MR) is 79.1 cm³/mol. The topological polar surface area (TPSA) is 87.2 Å². The average molecular weight is 299 g/mol. The zero-order valence-electron chi connectivity index (χ0n) is 12.4. The number of aromatic nitrogens is 2. The van der Waals surface area contributed by atoms with Crippen molar-refractivity contribution in [3.8, 4) is 23.2 Å². The molecule has 0 saturated carbocycles. The Kier molecular flexibility index (Phi) is 4.32. The van der Waals surface area contributed by atoms with Gasteiger partial charge < -0.3 is 14.6 Å². The monoisotopic (exact) mass is 299 g/mol. The second-order valence-corrected chi connectivity index (χ2v) is 5.09. The molecule has 0 radical (unpaired) electrons. The van der Waals surface area contributed by atoms with Crippen LogP contribution in [-0.4, -0.2) is 48.3 Å². The molecule has 1 N–H and O–H groups in total. The van der Waals surface area contributed by atoms with E-state index in [4.69, 9.17) is 14.5 Å². The van der Waals surface area contributed by atoms with Gasteiger partial charge in [0, 0.05) is 44.5 Å². The van der Waals surface area contributed by atoms with Crippen LogP contribution < -0.4 is 10.1 Å². The van der Waals surface area contributed by atoms with Crippen molar-refractivity contribution in [2.24, 2.45) is 0 Å². The largest absolute Gasteiger partial charge is 0.495 e. The summed E-state index contributed by atoms with van der Waals surface area (Å²) in [5.74, 6) is 1.29.